The summed E-state index contributed by atoms with van der Waals surface area (Å²) in [5.41, 5.74) is 10.1. The molecule has 0 fully saturated rings. The molecule has 2 atom stereocenters. The molecule has 1 aromatic carbocycles. The number of nitrogens with zero attached hydrogens (tertiary/aromatic N) is 1. The molecule has 2 aromatic rings. The summed E-state index contributed by atoms with van der Waals surface area (Å²) in [5.74, 6) is -0.174. The molecule has 112 valence electrons. The molecule has 0 aliphatic carbocycles. The van der Waals surface area contributed by atoms with Crippen molar-refractivity contribution in [3.63, 3.8) is 0 Å². The lowest BCUT2D eigenvalue weighted by Gasteiger charge is -2.37. The number of hydrogen-bond donors (Lipinski definition) is 1. The van der Waals surface area contributed by atoms with Gasteiger partial charge in [-0.1, -0.05) is 0 Å². The Kier molecular flexibility index (Phi) is 3.76. The molecule has 0 amide bonds. The SMILES string of the molecule is Cc1cc(N2CCc3sccc3C2C)c([C@H](C)N)cc1F. The van der Waals surface area contributed by atoms with Crippen LogP contribution in [-0.4, -0.2) is 6.54 Å². The van der Waals surface area contributed by atoms with Gasteiger partial charge in [0.25, 0.3) is 0 Å². The first kappa shape index (κ1) is 14.5. The molecule has 0 bridgehead atoms. The van der Waals surface area contributed by atoms with Gasteiger partial charge in [0.15, 0.2) is 0 Å². The third-order valence-corrected chi connectivity index (χ3v) is 5.38. The summed E-state index contributed by atoms with van der Waals surface area (Å²) in [6, 6.07) is 5.89. The zero-order valence-electron chi connectivity index (χ0n) is 12.7. The van der Waals surface area contributed by atoms with Crippen LogP contribution in [0.15, 0.2) is 23.6 Å². The number of fused-ring (bicyclic) bond motifs is 1. The number of rotatable bonds is 2. The number of halogens is 1. The van der Waals surface area contributed by atoms with Crippen LogP contribution >= 0.6 is 11.3 Å². The Balaban J connectivity index is 2.07. The number of aryl methyl sites for hydroxylation is 1. The number of nitrogens with two attached hydrogens (primary N) is 1. The van der Waals surface area contributed by atoms with Crippen LogP contribution in [-0.2, 0) is 6.42 Å². The van der Waals surface area contributed by atoms with Gasteiger partial charge in [0.1, 0.15) is 5.82 Å². The fourth-order valence-corrected chi connectivity index (χ4v) is 4.10. The Bertz CT molecular complexity index is 663. The lowest BCUT2D eigenvalue weighted by molar-refractivity contribution is 0.602. The normalized spacial score (nSPS) is 19.5. The predicted octanol–water partition coefficient (Wildman–Crippen LogP) is 4.34. The average Bonchev–Trinajstić information content (AvgIpc) is 2.91. The molecule has 2 nitrogen and oxygen atoms in total. The second-order valence-electron chi connectivity index (χ2n) is 5.87. The first-order valence-electron chi connectivity index (χ1n) is 7.37. The molecule has 0 saturated carbocycles. The van der Waals surface area contributed by atoms with Gasteiger partial charge in [-0.25, -0.2) is 4.39 Å². The zero-order valence-corrected chi connectivity index (χ0v) is 13.5. The van der Waals surface area contributed by atoms with Crippen molar-refractivity contribution in [3.05, 3.63) is 51.0 Å². The van der Waals surface area contributed by atoms with Crippen LogP contribution in [0.4, 0.5) is 10.1 Å². The van der Waals surface area contributed by atoms with Crippen molar-refractivity contribution < 1.29 is 4.39 Å². The number of benzene rings is 1. The summed E-state index contributed by atoms with van der Waals surface area (Å²) in [6.07, 6.45) is 1.05. The van der Waals surface area contributed by atoms with E-state index < -0.39 is 0 Å². The second-order valence-corrected chi connectivity index (χ2v) is 6.87. The smallest absolute Gasteiger partial charge is 0.126 e. The number of anilines is 1. The monoisotopic (exact) mass is 304 g/mol. The third kappa shape index (κ3) is 2.47. The van der Waals surface area contributed by atoms with Gasteiger partial charge < -0.3 is 10.6 Å². The molecule has 1 aliphatic rings. The van der Waals surface area contributed by atoms with Crippen molar-refractivity contribution in [2.24, 2.45) is 5.73 Å². The van der Waals surface area contributed by atoms with Crippen LogP contribution in [0, 0.1) is 12.7 Å². The highest BCUT2D eigenvalue weighted by atomic mass is 32.1. The minimum absolute atomic E-state index is 0.174. The highest BCUT2D eigenvalue weighted by Gasteiger charge is 2.27. The highest BCUT2D eigenvalue weighted by molar-refractivity contribution is 7.10. The van der Waals surface area contributed by atoms with Gasteiger partial charge in [-0.05, 0) is 67.5 Å². The van der Waals surface area contributed by atoms with E-state index in [0.717, 1.165) is 24.2 Å². The molecule has 0 spiro atoms. The Morgan fingerprint density at radius 3 is 2.90 bits per heavy atom. The van der Waals surface area contributed by atoms with Crippen molar-refractivity contribution >= 4 is 17.0 Å². The van der Waals surface area contributed by atoms with Gasteiger partial charge in [-0.2, -0.15) is 0 Å². The van der Waals surface area contributed by atoms with Gasteiger partial charge in [0, 0.05) is 23.2 Å². The molecule has 1 aliphatic heterocycles. The van der Waals surface area contributed by atoms with Crippen molar-refractivity contribution in [2.45, 2.75) is 39.3 Å². The van der Waals surface area contributed by atoms with Crippen molar-refractivity contribution in [1.29, 1.82) is 0 Å². The summed E-state index contributed by atoms with van der Waals surface area (Å²) in [4.78, 5) is 3.83. The van der Waals surface area contributed by atoms with E-state index in [1.54, 1.807) is 6.07 Å². The summed E-state index contributed by atoms with van der Waals surface area (Å²) < 4.78 is 13.9. The molecule has 0 saturated heterocycles. The Labute approximate surface area is 129 Å². The van der Waals surface area contributed by atoms with Crippen molar-refractivity contribution in [2.75, 3.05) is 11.4 Å². The molecule has 21 heavy (non-hydrogen) atoms. The molecule has 3 rings (SSSR count). The minimum atomic E-state index is -0.175. The maximum atomic E-state index is 13.9. The first-order chi connectivity index (χ1) is 9.99. The number of thiophene rings is 1. The van der Waals surface area contributed by atoms with E-state index in [1.165, 1.54) is 10.4 Å². The van der Waals surface area contributed by atoms with Crippen LogP contribution in [0.5, 0.6) is 0 Å². The Morgan fingerprint density at radius 1 is 1.43 bits per heavy atom. The standard InChI is InChI=1S/C17H21FN2S/c1-10-8-16(14(11(2)19)9-15(10)18)20-6-4-17-13(12(20)3)5-7-21-17/h5,7-9,11-12H,4,6,19H2,1-3H3/t11-,12?/m0/s1. The molecule has 2 N–H and O–H groups in total. The fraction of sp³-hybridized carbons (Fsp3) is 0.412. The zero-order chi connectivity index (χ0) is 15.1. The van der Waals surface area contributed by atoms with Gasteiger partial charge in [-0.3, -0.25) is 0 Å². The van der Waals surface area contributed by atoms with Crippen LogP contribution < -0.4 is 10.6 Å². The third-order valence-electron chi connectivity index (χ3n) is 4.39. The molecule has 1 aromatic heterocycles. The summed E-state index contributed by atoms with van der Waals surface area (Å²) >= 11 is 1.83. The first-order valence-corrected chi connectivity index (χ1v) is 8.25. The van der Waals surface area contributed by atoms with E-state index in [-0.39, 0.29) is 11.9 Å². The van der Waals surface area contributed by atoms with E-state index in [0.29, 0.717) is 11.6 Å². The van der Waals surface area contributed by atoms with E-state index >= 15 is 0 Å². The van der Waals surface area contributed by atoms with E-state index in [1.807, 2.05) is 31.3 Å². The molecule has 1 unspecified atom stereocenters. The van der Waals surface area contributed by atoms with Crippen molar-refractivity contribution in [3.8, 4) is 0 Å². The minimum Gasteiger partial charge on any atom is -0.364 e. The molecular formula is C17H21FN2S. The molecule has 0 radical (unpaired) electrons. The van der Waals surface area contributed by atoms with Crippen molar-refractivity contribution in [1.82, 2.24) is 0 Å². The van der Waals surface area contributed by atoms with Gasteiger partial charge in [0.05, 0.1) is 6.04 Å². The lowest BCUT2D eigenvalue weighted by Crippen LogP contribution is -2.34. The topological polar surface area (TPSA) is 29.3 Å². The summed E-state index contributed by atoms with van der Waals surface area (Å²) in [6.45, 7) is 6.90. The lowest BCUT2D eigenvalue weighted by atomic mass is 9.96. The van der Waals surface area contributed by atoms with Crippen LogP contribution in [0.25, 0.3) is 0 Å². The van der Waals surface area contributed by atoms with Gasteiger partial charge in [-0.15, -0.1) is 11.3 Å². The maximum absolute atomic E-state index is 13.9. The predicted molar refractivity (Wildman–Crippen MR) is 87.5 cm³/mol. The Hall–Kier alpha value is -1.39. The summed E-state index contributed by atoms with van der Waals surface area (Å²) in [7, 11) is 0. The quantitative estimate of drug-likeness (QED) is 0.894. The van der Waals surface area contributed by atoms with Crippen LogP contribution in [0.2, 0.25) is 0 Å². The van der Waals surface area contributed by atoms with Gasteiger partial charge in [0.2, 0.25) is 0 Å². The summed E-state index contributed by atoms with van der Waals surface area (Å²) in [5, 5.41) is 2.16. The number of hydrogen-bond acceptors (Lipinski definition) is 3. The molecule has 4 heteroatoms. The Morgan fingerprint density at radius 2 is 2.19 bits per heavy atom. The molecule has 2 heterocycles. The van der Waals surface area contributed by atoms with Crippen LogP contribution in [0.1, 0.15) is 47.5 Å². The van der Waals surface area contributed by atoms with E-state index in [9.17, 15) is 4.39 Å². The molecular weight excluding hydrogens is 283 g/mol. The van der Waals surface area contributed by atoms with Crippen LogP contribution in [0.3, 0.4) is 0 Å². The fourth-order valence-electron chi connectivity index (χ4n) is 3.13. The second kappa shape index (κ2) is 5.43. The largest absolute Gasteiger partial charge is 0.364 e. The van der Waals surface area contributed by atoms with E-state index in [2.05, 4.69) is 23.3 Å². The van der Waals surface area contributed by atoms with Gasteiger partial charge >= 0.3 is 0 Å². The highest BCUT2D eigenvalue weighted by Crippen LogP contribution is 2.39. The maximum Gasteiger partial charge on any atom is 0.126 e. The average molecular weight is 304 g/mol. The van der Waals surface area contributed by atoms with E-state index in [4.69, 9.17) is 5.73 Å².